The monoisotopic (exact) mass is 621 g/mol. The van der Waals surface area contributed by atoms with Crippen molar-refractivity contribution in [1.29, 1.82) is 0 Å². The summed E-state index contributed by atoms with van der Waals surface area (Å²) in [6.45, 7) is 19.2. The normalized spacial score (nSPS) is 27.2. The molecule has 1 aliphatic heterocycles. The molecule has 9 nitrogen and oxygen atoms in total. The molecule has 0 unspecified atom stereocenters. The zero-order valence-corrected chi connectivity index (χ0v) is 28.0. The van der Waals surface area contributed by atoms with E-state index >= 15 is 0 Å². The minimum absolute atomic E-state index is 0.128. The van der Waals surface area contributed by atoms with Gasteiger partial charge in [-0.25, -0.2) is 4.79 Å². The molecule has 0 aromatic carbocycles. The summed E-state index contributed by atoms with van der Waals surface area (Å²) in [6.07, 6.45) is 9.38. The van der Waals surface area contributed by atoms with Crippen LogP contribution < -0.4 is 5.32 Å². The topological polar surface area (TPSA) is 146 Å². The first-order chi connectivity index (χ1) is 20.7. The molecule has 1 aliphatic rings. The van der Waals surface area contributed by atoms with Gasteiger partial charge < -0.3 is 35.2 Å². The maximum Gasteiger partial charge on any atom is 0.407 e. The van der Waals surface area contributed by atoms with E-state index in [1.54, 1.807) is 38.2 Å². The first kappa shape index (κ1) is 39.6. The lowest BCUT2D eigenvalue weighted by molar-refractivity contribution is -0.179. The highest BCUT2D eigenvalue weighted by Gasteiger charge is 2.41. The average Bonchev–Trinajstić information content (AvgIpc) is 3.00. The third kappa shape index (κ3) is 12.5. The Bertz CT molecular complexity index is 964. The van der Waals surface area contributed by atoms with Crippen LogP contribution in [0.4, 0.5) is 4.79 Å². The van der Waals surface area contributed by atoms with Gasteiger partial charge >= 0.3 is 12.1 Å². The fraction of sp³-hybridized carbons (Fsp3) is 0.714. The summed E-state index contributed by atoms with van der Waals surface area (Å²) >= 11 is 0. The third-order valence-electron chi connectivity index (χ3n) is 8.88. The maximum absolute atomic E-state index is 12.3. The van der Waals surface area contributed by atoms with Crippen LogP contribution in [0, 0.1) is 41.4 Å². The average molecular weight is 622 g/mol. The van der Waals surface area contributed by atoms with Gasteiger partial charge in [0, 0.05) is 42.6 Å². The van der Waals surface area contributed by atoms with Crippen LogP contribution in [0.2, 0.25) is 0 Å². The lowest BCUT2D eigenvalue weighted by atomic mass is 9.82. The zero-order valence-electron chi connectivity index (χ0n) is 28.0. The van der Waals surface area contributed by atoms with Crippen LogP contribution in [-0.4, -0.2) is 75.7 Å². The number of hydrogen-bond acceptors (Lipinski definition) is 8. The van der Waals surface area contributed by atoms with Crippen molar-refractivity contribution in [3.63, 3.8) is 0 Å². The van der Waals surface area contributed by atoms with Crippen molar-refractivity contribution in [1.82, 2.24) is 5.32 Å². The molecule has 252 valence electrons. The van der Waals surface area contributed by atoms with E-state index in [1.807, 2.05) is 59.8 Å². The summed E-state index contributed by atoms with van der Waals surface area (Å²) in [6, 6.07) is 0. The number of rotatable bonds is 18. The molecule has 1 rings (SSSR count). The number of esters is 1. The predicted octanol–water partition coefficient (Wildman–Crippen LogP) is 4.95. The molecule has 0 aromatic rings. The van der Waals surface area contributed by atoms with E-state index in [0.717, 1.165) is 6.42 Å². The number of carbonyl (C=O) groups is 2. The lowest BCUT2D eigenvalue weighted by Gasteiger charge is -2.36. The molecule has 1 heterocycles. The lowest BCUT2D eigenvalue weighted by Crippen LogP contribution is -2.47. The van der Waals surface area contributed by atoms with Gasteiger partial charge in [-0.1, -0.05) is 97.6 Å². The van der Waals surface area contributed by atoms with E-state index in [0.29, 0.717) is 13.0 Å². The quantitative estimate of drug-likeness (QED) is 0.0822. The Morgan fingerprint density at radius 2 is 1.64 bits per heavy atom. The number of cyclic esters (lactones) is 1. The highest BCUT2D eigenvalue weighted by atomic mass is 16.6. The molecule has 0 spiro atoms. The highest BCUT2D eigenvalue weighted by Crippen LogP contribution is 2.30. The summed E-state index contributed by atoms with van der Waals surface area (Å²) < 4.78 is 11.2. The third-order valence-corrected chi connectivity index (χ3v) is 8.88. The first-order valence-corrected chi connectivity index (χ1v) is 16.2. The standard InChI is InChI=1S/C35H59NO8/c1-10-12-14-24(6)33(44-35(42)36-19-11-2)26(8)31(39)22(4)16-13-15-21(3)30(38)23(5)17-18-28(37)20-29-25(7)32(40)27(9)34(41)43-29/h10,12-15,17-18,21-33,37-40H,1,11,16,19-20H2,2-9H3,(H,36,42)/b14-12-,15-13-,18-17-/t21-,22-,23-,24-,25-,26-,27+,28+,29-,30+,31+,32-,33-/m0/s1. The Labute approximate surface area is 265 Å². The van der Waals surface area contributed by atoms with Gasteiger partial charge in [-0.3, -0.25) is 4.79 Å². The molecule has 0 aromatic heterocycles. The Morgan fingerprint density at radius 1 is 1.00 bits per heavy atom. The molecule has 1 fully saturated rings. The van der Waals surface area contributed by atoms with Crippen molar-refractivity contribution in [3.05, 3.63) is 49.1 Å². The first-order valence-electron chi connectivity index (χ1n) is 16.2. The van der Waals surface area contributed by atoms with Crippen LogP contribution in [-0.2, 0) is 14.3 Å². The van der Waals surface area contributed by atoms with Gasteiger partial charge in [0.2, 0.25) is 0 Å². The molecule has 0 bridgehead atoms. The number of allylic oxidation sites excluding steroid dienone is 3. The van der Waals surface area contributed by atoms with Gasteiger partial charge in [0.15, 0.2) is 0 Å². The SMILES string of the molecule is C=C/C=C\[C@H](C)[C@H](OC(=O)NCCC)[C@@H](C)[C@H](O)[C@@H](C)C/C=C\[C@H](C)[C@@H](O)[C@@H](C)/C=C\[C@@H](O)C[C@@H]1OC(=O)[C@H](C)[C@@H](O)[C@H]1C. The summed E-state index contributed by atoms with van der Waals surface area (Å²) in [5, 5.41) is 45.5. The summed E-state index contributed by atoms with van der Waals surface area (Å²) in [5.74, 6) is -2.38. The molecule has 1 saturated heterocycles. The molecule has 9 heteroatoms. The summed E-state index contributed by atoms with van der Waals surface area (Å²) in [5.41, 5.74) is 0. The minimum Gasteiger partial charge on any atom is -0.462 e. The van der Waals surface area contributed by atoms with Gasteiger partial charge in [0.05, 0.1) is 30.3 Å². The fourth-order valence-corrected chi connectivity index (χ4v) is 5.58. The van der Waals surface area contributed by atoms with Crippen molar-refractivity contribution in [2.24, 2.45) is 41.4 Å². The van der Waals surface area contributed by atoms with Gasteiger partial charge in [-0.05, 0) is 25.7 Å². The van der Waals surface area contributed by atoms with Gasteiger partial charge in [0.1, 0.15) is 12.2 Å². The Hall–Kier alpha value is -2.46. The Balaban J connectivity index is 2.71. The molecule has 0 radical (unpaired) electrons. The second-order valence-corrected chi connectivity index (χ2v) is 12.8. The smallest absolute Gasteiger partial charge is 0.407 e. The zero-order chi connectivity index (χ0) is 33.6. The van der Waals surface area contributed by atoms with E-state index < -0.39 is 54.6 Å². The largest absolute Gasteiger partial charge is 0.462 e. The Kier molecular flexibility index (Phi) is 17.8. The van der Waals surface area contributed by atoms with E-state index in [1.165, 1.54) is 0 Å². The van der Waals surface area contributed by atoms with Gasteiger partial charge in [-0.2, -0.15) is 0 Å². The van der Waals surface area contributed by atoms with Crippen molar-refractivity contribution in [2.75, 3.05) is 6.54 Å². The molecule has 0 aliphatic carbocycles. The van der Waals surface area contributed by atoms with Crippen LogP contribution >= 0.6 is 0 Å². The molecule has 44 heavy (non-hydrogen) atoms. The number of hydrogen-bond donors (Lipinski definition) is 5. The predicted molar refractivity (Wildman–Crippen MR) is 173 cm³/mol. The van der Waals surface area contributed by atoms with Crippen molar-refractivity contribution in [3.8, 4) is 0 Å². The van der Waals surface area contributed by atoms with E-state index in [2.05, 4.69) is 11.9 Å². The maximum atomic E-state index is 12.3. The fourth-order valence-electron chi connectivity index (χ4n) is 5.58. The highest BCUT2D eigenvalue weighted by molar-refractivity contribution is 5.73. The summed E-state index contributed by atoms with van der Waals surface area (Å²) in [4.78, 5) is 24.3. The molecule has 5 N–H and O–H groups in total. The molecule has 1 amide bonds. The second-order valence-electron chi connectivity index (χ2n) is 12.8. The van der Waals surface area contributed by atoms with Crippen molar-refractivity contribution >= 4 is 12.1 Å². The van der Waals surface area contributed by atoms with Crippen LogP contribution in [0.3, 0.4) is 0 Å². The van der Waals surface area contributed by atoms with Crippen LogP contribution in [0.15, 0.2) is 49.1 Å². The van der Waals surface area contributed by atoms with E-state index in [9.17, 15) is 30.0 Å². The minimum atomic E-state index is -0.888. The number of alkyl carbamates (subject to hydrolysis) is 1. The van der Waals surface area contributed by atoms with Crippen LogP contribution in [0.25, 0.3) is 0 Å². The van der Waals surface area contributed by atoms with Gasteiger partial charge in [0.25, 0.3) is 0 Å². The van der Waals surface area contributed by atoms with E-state index in [4.69, 9.17) is 9.47 Å². The Morgan fingerprint density at radius 3 is 2.25 bits per heavy atom. The van der Waals surface area contributed by atoms with Crippen molar-refractivity contribution < 1.29 is 39.5 Å². The molecular formula is C35H59NO8. The molecular weight excluding hydrogens is 562 g/mol. The number of nitrogens with one attached hydrogen (secondary N) is 1. The van der Waals surface area contributed by atoms with Crippen molar-refractivity contribution in [2.45, 2.75) is 111 Å². The number of amides is 1. The van der Waals surface area contributed by atoms with Gasteiger partial charge in [-0.15, -0.1) is 0 Å². The number of aliphatic hydroxyl groups is 4. The molecule has 0 saturated carbocycles. The number of ether oxygens (including phenoxy) is 2. The van der Waals surface area contributed by atoms with E-state index in [-0.39, 0.29) is 41.9 Å². The number of carbonyl (C=O) groups excluding carboxylic acids is 2. The molecule has 13 atom stereocenters. The van der Waals surface area contributed by atoms with Crippen LogP contribution in [0.5, 0.6) is 0 Å². The summed E-state index contributed by atoms with van der Waals surface area (Å²) in [7, 11) is 0. The van der Waals surface area contributed by atoms with Crippen LogP contribution in [0.1, 0.15) is 74.7 Å². The second kappa shape index (κ2) is 19.8. The number of aliphatic hydroxyl groups excluding tert-OH is 4.